The zero-order valence-corrected chi connectivity index (χ0v) is 13.8. The zero-order chi connectivity index (χ0) is 14.8. The fourth-order valence-corrected chi connectivity index (χ4v) is 5.03. The maximum absolute atomic E-state index is 12.4. The Morgan fingerprint density at radius 1 is 1.38 bits per heavy atom. The Morgan fingerprint density at radius 3 is 2.86 bits per heavy atom. The van der Waals surface area contributed by atoms with Gasteiger partial charge in [-0.25, -0.2) is 0 Å². The normalized spacial score (nSPS) is 16.2. The molecule has 0 spiro atoms. The number of carbonyl (C=O) groups excluding carboxylic acids is 1. The van der Waals surface area contributed by atoms with E-state index >= 15 is 0 Å². The van der Waals surface area contributed by atoms with Gasteiger partial charge in [0.25, 0.3) is 5.91 Å². The summed E-state index contributed by atoms with van der Waals surface area (Å²) in [5, 5.41) is 4.07. The van der Waals surface area contributed by atoms with Crippen molar-refractivity contribution in [2.24, 2.45) is 5.92 Å². The third-order valence-electron chi connectivity index (χ3n) is 4.05. The number of anilines is 1. The number of rotatable bonds is 3. The van der Waals surface area contributed by atoms with Crippen LogP contribution in [0.1, 0.15) is 28.1 Å². The van der Waals surface area contributed by atoms with E-state index in [-0.39, 0.29) is 5.91 Å². The molecule has 1 aliphatic heterocycles. The van der Waals surface area contributed by atoms with Crippen LogP contribution in [0.2, 0.25) is 0 Å². The molecule has 1 amide bonds. The van der Waals surface area contributed by atoms with Crippen molar-refractivity contribution in [2.75, 3.05) is 23.8 Å². The SMILES string of the molecule is Cc1cccc2c(N)c(C(=O)NCC3CCSCC3)sc12. The van der Waals surface area contributed by atoms with Crippen molar-refractivity contribution < 1.29 is 4.79 Å². The van der Waals surface area contributed by atoms with Crippen molar-refractivity contribution in [2.45, 2.75) is 19.8 Å². The van der Waals surface area contributed by atoms with Gasteiger partial charge in [0, 0.05) is 16.6 Å². The quantitative estimate of drug-likeness (QED) is 0.907. The molecule has 1 aromatic heterocycles. The molecule has 2 heterocycles. The van der Waals surface area contributed by atoms with Crippen LogP contribution in [0.4, 0.5) is 5.69 Å². The van der Waals surface area contributed by atoms with Crippen molar-refractivity contribution >= 4 is 44.8 Å². The molecule has 112 valence electrons. The Morgan fingerprint density at radius 2 is 2.14 bits per heavy atom. The second-order valence-corrected chi connectivity index (χ2v) is 7.81. The maximum Gasteiger partial charge on any atom is 0.263 e. The molecule has 1 fully saturated rings. The van der Waals surface area contributed by atoms with Crippen LogP contribution < -0.4 is 11.1 Å². The summed E-state index contributed by atoms with van der Waals surface area (Å²) < 4.78 is 1.12. The number of amides is 1. The second-order valence-electron chi connectivity index (χ2n) is 5.56. The minimum Gasteiger partial charge on any atom is -0.397 e. The topological polar surface area (TPSA) is 55.1 Å². The maximum atomic E-state index is 12.4. The van der Waals surface area contributed by atoms with Crippen LogP contribution in [0.15, 0.2) is 18.2 Å². The van der Waals surface area contributed by atoms with E-state index in [4.69, 9.17) is 5.73 Å². The van der Waals surface area contributed by atoms with E-state index in [1.54, 1.807) is 0 Å². The smallest absolute Gasteiger partial charge is 0.263 e. The zero-order valence-electron chi connectivity index (χ0n) is 12.1. The number of thioether (sulfide) groups is 1. The first-order chi connectivity index (χ1) is 10.2. The molecule has 0 saturated carbocycles. The van der Waals surface area contributed by atoms with Crippen LogP contribution in [-0.4, -0.2) is 24.0 Å². The highest BCUT2D eigenvalue weighted by atomic mass is 32.2. The number of nitrogens with two attached hydrogens (primary N) is 1. The molecule has 1 aromatic carbocycles. The van der Waals surface area contributed by atoms with Gasteiger partial charge in [-0.3, -0.25) is 4.79 Å². The summed E-state index contributed by atoms with van der Waals surface area (Å²) in [4.78, 5) is 13.1. The van der Waals surface area contributed by atoms with Crippen LogP contribution >= 0.6 is 23.1 Å². The molecular weight excluding hydrogens is 300 g/mol. The fraction of sp³-hybridized carbons (Fsp3) is 0.438. The summed E-state index contributed by atoms with van der Waals surface area (Å²) in [7, 11) is 0. The lowest BCUT2D eigenvalue weighted by molar-refractivity contribution is 0.0951. The lowest BCUT2D eigenvalue weighted by atomic mass is 10.0. The third-order valence-corrected chi connectivity index (χ3v) is 6.45. The molecular formula is C16H20N2OS2. The average Bonchev–Trinajstić information content (AvgIpc) is 2.85. The molecule has 21 heavy (non-hydrogen) atoms. The van der Waals surface area contributed by atoms with Crippen LogP contribution in [-0.2, 0) is 0 Å². The van der Waals surface area contributed by atoms with Crippen molar-refractivity contribution in [3.63, 3.8) is 0 Å². The van der Waals surface area contributed by atoms with E-state index < -0.39 is 0 Å². The van der Waals surface area contributed by atoms with Gasteiger partial charge in [-0.2, -0.15) is 11.8 Å². The Hall–Kier alpha value is -1.20. The predicted molar refractivity (Wildman–Crippen MR) is 93.4 cm³/mol. The number of carbonyl (C=O) groups is 1. The lowest BCUT2D eigenvalue weighted by Crippen LogP contribution is -2.30. The molecule has 2 aromatic rings. The first-order valence-electron chi connectivity index (χ1n) is 7.30. The minimum absolute atomic E-state index is 0.0219. The summed E-state index contributed by atoms with van der Waals surface area (Å²) >= 11 is 3.51. The van der Waals surface area contributed by atoms with Gasteiger partial charge < -0.3 is 11.1 Å². The fourth-order valence-electron chi connectivity index (χ4n) is 2.72. The van der Waals surface area contributed by atoms with E-state index in [2.05, 4.69) is 18.3 Å². The highest BCUT2D eigenvalue weighted by Gasteiger charge is 2.19. The van der Waals surface area contributed by atoms with Crippen molar-refractivity contribution in [1.29, 1.82) is 0 Å². The van der Waals surface area contributed by atoms with Gasteiger partial charge in [0.1, 0.15) is 4.88 Å². The van der Waals surface area contributed by atoms with Gasteiger partial charge >= 0.3 is 0 Å². The Bertz CT molecular complexity index is 660. The average molecular weight is 320 g/mol. The standard InChI is InChI=1S/C16H20N2OS2/c1-10-3-2-4-12-13(17)15(21-14(10)12)16(19)18-9-11-5-7-20-8-6-11/h2-4,11H,5-9,17H2,1H3,(H,18,19). The van der Waals surface area contributed by atoms with Crippen molar-refractivity contribution in [3.05, 3.63) is 28.6 Å². The van der Waals surface area contributed by atoms with Crippen LogP contribution in [0.3, 0.4) is 0 Å². The summed E-state index contributed by atoms with van der Waals surface area (Å²) in [6.07, 6.45) is 2.40. The molecule has 1 saturated heterocycles. The number of hydrogen-bond acceptors (Lipinski definition) is 4. The van der Waals surface area contributed by atoms with E-state index in [1.807, 2.05) is 23.9 Å². The number of aryl methyl sites for hydroxylation is 1. The predicted octanol–water partition coefficient (Wildman–Crippen LogP) is 3.66. The van der Waals surface area contributed by atoms with E-state index in [9.17, 15) is 4.79 Å². The molecule has 0 bridgehead atoms. The monoisotopic (exact) mass is 320 g/mol. The van der Waals surface area contributed by atoms with E-state index in [0.29, 0.717) is 16.5 Å². The van der Waals surface area contributed by atoms with Gasteiger partial charge in [0.05, 0.1) is 5.69 Å². The van der Waals surface area contributed by atoms with Crippen molar-refractivity contribution in [3.8, 4) is 0 Å². The number of benzene rings is 1. The van der Waals surface area contributed by atoms with Crippen LogP contribution in [0.25, 0.3) is 10.1 Å². The summed E-state index contributed by atoms with van der Waals surface area (Å²) in [5.41, 5.74) is 7.96. The molecule has 0 radical (unpaired) electrons. The van der Waals surface area contributed by atoms with Crippen LogP contribution in [0.5, 0.6) is 0 Å². The molecule has 1 aliphatic rings. The Labute approximate surface area is 133 Å². The van der Waals surface area contributed by atoms with Crippen molar-refractivity contribution in [1.82, 2.24) is 5.32 Å². The largest absolute Gasteiger partial charge is 0.397 e. The van der Waals surface area contributed by atoms with Gasteiger partial charge in [-0.15, -0.1) is 11.3 Å². The van der Waals surface area contributed by atoms with Gasteiger partial charge in [-0.05, 0) is 42.8 Å². The first-order valence-corrected chi connectivity index (χ1v) is 9.27. The third kappa shape index (κ3) is 3.04. The molecule has 3 nitrogen and oxygen atoms in total. The molecule has 0 unspecified atom stereocenters. The molecule has 5 heteroatoms. The lowest BCUT2D eigenvalue weighted by Gasteiger charge is -2.21. The second kappa shape index (κ2) is 6.28. The number of nitrogen functional groups attached to an aromatic ring is 1. The number of hydrogen-bond donors (Lipinski definition) is 2. The summed E-state index contributed by atoms with van der Waals surface area (Å²) in [6, 6.07) is 6.03. The highest BCUT2D eigenvalue weighted by molar-refractivity contribution is 7.99. The van der Waals surface area contributed by atoms with Gasteiger partial charge in [0.15, 0.2) is 0 Å². The molecule has 3 rings (SSSR count). The number of fused-ring (bicyclic) bond motifs is 1. The molecule has 0 atom stereocenters. The van der Waals surface area contributed by atoms with Gasteiger partial charge in [-0.1, -0.05) is 18.2 Å². The van der Waals surface area contributed by atoms with Crippen LogP contribution in [0, 0.1) is 12.8 Å². The molecule has 3 N–H and O–H groups in total. The Kier molecular flexibility index (Phi) is 4.40. The summed E-state index contributed by atoms with van der Waals surface area (Å²) in [6.45, 7) is 2.83. The summed E-state index contributed by atoms with van der Waals surface area (Å²) in [5.74, 6) is 3.02. The minimum atomic E-state index is -0.0219. The van der Waals surface area contributed by atoms with Gasteiger partial charge in [0.2, 0.25) is 0 Å². The first kappa shape index (κ1) is 14.7. The van der Waals surface area contributed by atoms with E-state index in [0.717, 1.165) is 16.6 Å². The Balaban J connectivity index is 1.75. The number of nitrogens with one attached hydrogen (secondary N) is 1. The highest BCUT2D eigenvalue weighted by Crippen LogP contribution is 2.35. The van der Waals surface area contributed by atoms with E-state index in [1.165, 1.54) is 41.2 Å². The number of thiophene rings is 1. The molecule has 0 aliphatic carbocycles.